The van der Waals surface area contributed by atoms with Gasteiger partial charge in [0.15, 0.2) is 0 Å². The van der Waals surface area contributed by atoms with E-state index in [1.807, 2.05) is 6.20 Å². The number of fused-ring (bicyclic) bond motifs is 3. The number of carbonyl (C=O) groups is 1. The summed E-state index contributed by atoms with van der Waals surface area (Å²) in [6.45, 7) is 0. The fraction of sp³-hybridized carbons (Fsp3) is 0.286. The summed E-state index contributed by atoms with van der Waals surface area (Å²) in [6, 6.07) is 0. The van der Waals surface area contributed by atoms with Gasteiger partial charge in [-0.05, 0) is 24.3 Å². The number of amides is 1. The van der Waals surface area contributed by atoms with Crippen LogP contribution in [0, 0.1) is 11.8 Å². The average Bonchev–Trinajstić information content (AvgIpc) is 2.61. The van der Waals surface area contributed by atoms with E-state index in [9.17, 15) is 4.79 Å². The molecule has 1 aliphatic heterocycles. The number of hydrogen-bond acceptors (Lipinski definition) is 2. The van der Waals surface area contributed by atoms with Crippen LogP contribution in [0.25, 0.3) is 0 Å². The second kappa shape index (κ2) is 4.17. The van der Waals surface area contributed by atoms with Crippen molar-refractivity contribution in [3.8, 4) is 0 Å². The number of hydrogen-bond donors (Lipinski definition) is 1. The lowest BCUT2D eigenvalue weighted by atomic mass is 9.86. The normalized spacial score (nSPS) is 29.5. The minimum Gasteiger partial charge on any atom is -0.327 e. The fourth-order valence-corrected chi connectivity index (χ4v) is 2.90. The van der Waals surface area contributed by atoms with Crippen LogP contribution in [0.2, 0.25) is 0 Å². The van der Waals surface area contributed by atoms with E-state index in [0.29, 0.717) is 11.8 Å². The first-order valence-corrected chi connectivity index (χ1v) is 5.89. The highest BCUT2D eigenvalue weighted by atomic mass is 16.1. The van der Waals surface area contributed by atoms with E-state index in [0.717, 1.165) is 24.9 Å². The summed E-state index contributed by atoms with van der Waals surface area (Å²) in [6.07, 6.45) is 15.0. The van der Waals surface area contributed by atoms with Gasteiger partial charge in [0.2, 0.25) is 6.41 Å². The standard InChI is InChI=1S/C14H14N2O/c17-9-16-14-8-15-6-5-12-11-4-2-1-3-10(11)7-13(12)14/h1-3,5-6,8-9,11-12H,4,7H2,(H,16,17)/t11-,12+/m0/s1. The lowest BCUT2D eigenvalue weighted by Crippen LogP contribution is -2.16. The van der Waals surface area contributed by atoms with E-state index in [1.165, 1.54) is 11.1 Å². The average molecular weight is 226 g/mol. The molecular formula is C14H14N2O. The zero-order chi connectivity index (χ0) is 11.7. The lowest BCUT2D eigenvalue weighted by Gasteiger charge is -2.18. The van der Waals surface area contributed by atoms with Crippen molar-refractivity contribution in [2.75, 3.05) is 0 Å². The van der Waals surface area contributed by atoms with Gasteiger partial charge in [0.25, 0.3) is 0 Å². The van der Waals surface area contributed by atoms with Crippen LogP contribution in [0.4, 0.5) is 0 Å². The molecule has 0 spiro atoms. The highest BCUT2D eigenvalue weighted by molar-refractivity contribution is 5.84. The van der Waals surface area contributed by atoms with Crippen molar-refractivity contribution in [1.82, 2.24) is 5.32 Å². The molecule has 0 radical (unpaired) electrons. The predicted molar refractivity (Wildman–Crippen MR) is 67.3 cm³/mol. The van der Waals surface area contributed by atoms with Crippen LogP contribution < -0.4 is 5.32 Å². The first-order valence-electron chi connectivity index (χ1n) is 5.89. The van der Waals surface area contributed by atoms with Gasteiger partial charge in [-0.25, -0.2) is 0 Å². The Bertz CT molecular complexity index is 494. The molecule has 3 heteroatoms. The van der Waals surface area contributed by atoms with Gasteiger partial charge in [-0.1, -0.05) is 29.9 Å². The number of nitrogens with zero attached hydrogens (tertiary/aromatic N) is 1. The zero-order valence-electron chi connectivity index (χ0n) is 9.47. The van der Waals surface area contributed by atoms with E-state index in [-0.39, 0.29) is 0 Å². The van der Waals surface area contributed by atoms with Crippen molar-refractivity contribution in [3.05, 3.63) is 47.3 Å². The Balaban J connectivity index is 2.03. The molecule has 1 fully saturated rings. The minimum atomic E-state index is 0.385. The van der Waals surface area contributed by atoms with Gasteiger partial charge in [0.05, 0.1) is 11.9 Å². The molecule has 1 heterocycles. The van der Waals surface area contributed by atoms with Crippen LogP contribution in [0.1, 0.15) is 12.8 Å². The van der Waals surface area contributed by atoms with Gasteiger partial charge in [0, 0.05) is 12.1 Å². The van der Waals surface area contributed by atoms with E-state index >= 15 is 0 Å². The van der Waals surface area contributed by atoms with E-state index in [2.05, 4.69) is 34.6 Å². The summed E-state index contributed by atoms with van der Waals surface area (Å²) in [7, 11) is 0. The molecule has 3 rings (SSSR count). The predicted octanol–water partition coefficient (Wildman–Crippen LogP) is 2.11. The maximum absolute atomic E-state index is 10.6. The van der Waals surface area contributed by atoms with Gasteiger partial charge in [0.1, 0.15) is 0 Å². The molecule has 2 atom stereocenters. The first-order chi connectivity index (χ1) is 8.40. The van der Waals surface area contributed by atoms with E-state index < -0.39 is 0 Å². The number of carbonyl (C=O) groups excluding carboxylic acids is 1. The molecule has 2 aliphatic carbocycles. The maximum Gasteiger partial charge on any atom is 0.211 e. The summed E-state index contributed by atoms with van der Waals surface area (Å²) in [5, 5.41) is 2.77. The Hall–Kier alpha value is -1.90. The van der Waals surface area contributed by atoms with Gasteiger partial charge in [-0.2, -0.15) is 0 Å². The van der Waals surface area contributed by atoms with Crippen molar-refractivity contribution in [2.45, 2.75) is 12.8 Å². The van der Waals surface area contributed by atoms with Crippen LogP contribution in [-0.2, 0) is 4.79 Å². The highest BCUT2D eigenvalue weighted by Gasteiger charge is 2.35. The third-order valence-corrected chi connectivity index (χ3v) is 3.69. The van der Waals surface area contributed by atoms with Crippen molar-refractivity contribution in [1.29, 1.82) is 0 Å². The molecular weight excluding hydrogens is 212 g/mol. The lowest BCUT2D eigenvalue weighted by molar-refractivity contribution is -0.108. The summed E-state index contributed by atoms with van der Waals surface area (Å²) >= 11 is 0. The number of rotatable bonds is 2. The first kappa shape index (κ1) is 10.3. The zero-order valence-corrected chi connectivity index (χ0v) is 9.47. The number of allylic oxidation sites excluding steroid dienone is 7. The molecule has 3 aliphatic rings. The Kier molecular flexibility index (Phi) is 2.52. The summed E-state index contributed by atoms with van der Waals surface area (Å²) < 4.78 is 0. The summed E-state index contributed by atoms with van der Waals surface area (Å²) in [5.74, 6) is 0.938. The molecule has 17 heavy (non-hydrogen) atoms. The van der Waals surface area contributed by atoms with Crippen LogP contribution in [0.3, 0.4) is 0 Å². The molecule has 0 saturated heterocycles. The Morgan fingerprint density at radius 2 is 2.41 bits per heavy atom. The van der Waals surface area contributed by atoms with Crippen LogP contribution in [-0.4, -0.2) is 12.6 Å². The second-order valence-electron chi connectivity index (χ2n) is 4.54. The third kappa shape index (κ3) is 1.68. The van der Waals surface area contributed by atoms with Crippen molar-refractivity contribution in [2.24, 2.45) is 16.8 Å². The SMILES string of the molecule is O=CNC1=C2CC3=CC=CC[C@@H]3[C@H]2C=CN=C1. The van der Waals surface area contributed by atoms with Gasteiger partial charge in [-0.3, -0.25) is 9.79 Å². The molecule has 1 saturated carbocycles. The van der Waals surface area contributed by atoms with E-state index in [4.69, 9.17) is 0 Å². The van der Waals surface area contributed by atoms with E-state index in [1.54, 1.807) is 6.21 Å². The summed E-state index contributed by atoms with van der Waals surface area (Å²) in [5.41, 5.74) is 3.62. The largest absolute Gasteiger partial charge is 0.327 e. The van der Waals surface area contributed by atoms with Crippen molar-refractivity contribution < 1.29 is 4.79 Å². The van der Waals surface area contributed by atoms with Gasteiger partial charge < -0.3 is 5.32 Å². The minimum absolute atomic E-state index is 0.385. The molecule has 86 valence electrons. The number of nitrogens with one attached hydrogen (secondary N) is 1. The quantitative estimate of drug-likeness (QED) is 0.720. The fourth-order valence-electron chi connectivity index (χ4n) is 2.90. The Morgan fingerprint density at radius 3 is 3.29 bits per heavy atom. The molecule has 0 aromatic heterocycles. The van der Waals surface area contributed by atoms with Crippen LogP contribution >= 0.6 is 0 Å². The second-order valence-corrected chi connectivity index (χ2v) is 4.54. The molecule has 1 amide bonds. The smallest absolute Gasteiger partial charge is 0.211 e. The third-order valence-electron chi connectivity index (χ3n) is 3.69. The van der Waals surface area contributed by atoms with Crippen LogP contribution in [0.5, 0.6) is 0 Å². The topological polar surface area (TPSA) is 41.5 Å². The molecule has 1 N–H and O–H groups in total. The molecule has 0 bridgehead atoms. The molecule has 0 aromatic rings. The molecule has 0 unspecified atom stereocenters. The highest BCUT2D eigenvalue weighted by Crippen LogP contribution is 2.46. The van der Waals surface area contributed by atoms with Crippen LogP contribution in [0.15, 0.2) is 52.3 Å². The van der Waals surface area contributed by atoms with Crippen molar-refractivity contribution >= 4 is 12.6 Å². The van der Waals surface area contributed by atoms with Gasteiger partial charge in [-0.15, -0.1) is 0 Å². The molecule has 0 aromatic carbocycles. The Labute approximate surface area is 100 Å². The summed E-state index contributed by atoms with van der Waals surface area (Å²) in [4.78, 5) is 14.8. The number of aliphatic imine (C=N–C) groups is 1. The monoisotopic (exact) mass is 226 g/mol. The Morgan fingerprint density at radius 1 is 1.47 bits per heavy atom. The van der Waals surface area contributed by atoms with Crippen molar-refractivity contribution in [3.63, 3.8) is 0 Å². The molecule has 3 nitrogen and oxygen atoms in total. The maximum atomic E-state index is 10.6. The van der Waals surface area contributed by atoms with Gasteiger partial charge >= 0.3 is 0 Å².